The number of halogens is 2. The van der Waals surface area contributed by atoms with Gasteiger partial charge in [0.1, 0.15) is 5.78 Å². The largest absolute Gasteiger partial charge is 0.300 e. The zero-order chi connectivity index (χ0) is 11.3. The summed E-state index contributed by atoms with van der Waals surface area (Å²) in [6.45, 7) is 1.88. The molecule has 0 bridgehead atoms. The van der Waals surface area contributed by atoms with Crippen LogP contribution in [0, 0.1) is 0 Å². The van der Waals surface area contributed by atoms with Gasteiger partial charge in [0.05, 0.1) is 0 Å². The molecule has 0 atom stereocenters. The van der Waals surface area contributed by atoms with Gasteiger partial charge in [-0.15, -0.1) is 0 Å². The quantitative estimate of drug-likeness (QED) is 0.756. The molecule has 0 aliphatic rings. The highest BCUT2D eigenvalue weighted by Crippen LogP contribution is 2.25. The van der Waals surface area contributed by atoms with Crippen molar-refractivity contribution in [3.63, 3.8) is 0 Å². The van der Waals surface area contributed by atoms with E-state index >= 15 is 0 Å². The number of rotatable bonds is 5. The van der Waals surface area contributed by atoms with Crippen molar-refractivity contribution in [1.29, 1.82) is 0 Å². The summed E-state index contributed by atoms with van der Waals surface area (Å²) in [6.07, 6.45) is 2.80. The molecule has 0 saturated heterocycles. The lowest BCUT2D eigenvalue weighted by Gasteiger charge is -2.05. The SMILES string of the molecule is CCC(=O)CCCc1c(Cl)cccc1Cl. The Morgan fingerprint density at radius 3 is 2.40 bits per heavy atom. The maximum absolute atomic E-state index is 11.1. The fraction of sp³-hybridized carbons (Fsp3) is 0.417. The van der Waals surface area contributed by atoms with Crippen LogP contribution < -0.4 is 0 Å². The van der Waals surface area contributed by atoms with E-state index in [4.69, 9.17) is 23.2 Å². The van der Waals surface area contributed by atoms with Gasteiger partial charge in [-0.25, -0.2) is 0 Å². The lowest BCUT2D eigenvalue weighted by Crippen LogP contribution is -1.97. The van der Waals surface area contributed by atoms with Crippen LogP contribution in [0.25, 0.3) is 0 Å². The van der Waals surface area contributed by atoms with Crippen LogP contribution in [0.2, 0.25) is 10.0 Å². The Morgan fingerprint density at radius 1 is 1.27 bits per heavy atom. The van der Waals surface area contributed by atoms with Gasteiger partial charge in [0.15, 0.2) is 0 Å². The Balaban J connectivity index is 2.54. The van der Waals surface area contributed by atoms with E-state index in [1.807, 2.05) is 25.1 Å². The van der Waals surface area contributed by atoms with Crippen LogP contribution >= 0.6 is 23.2 Å². The molecule has 0 N–H and O–H groups in total. The van der Waals surface area contributed by atoms with E-state index in [1.54, 1.807) is 0 Å². The van der Waals surface area contributed by atoms with Crippen molar-refractivity contribution in [2.24, 2.45) is 0 Å². The number of ketones is 1. The highest BCUT2D eigenvalue weighted by Gasteiger charge is 2.06. The van der Waals surface area contributed by atoms with Crippen LogP contribution in [0.15, 0.2) is 18.2 Å². The zero-order valence-corrected chi connectivity index (χ0v) is 10.2. The minimum Gasteiger partial charge on any atom is -0.300 e. The van der Waals surface area contributed by atoms with Gasteiger partial charge in [0.2, 0.25) is 0 Å². The van der Waals surface area contributed by atoms with E-state index < -0.39 is 0 Å². The van der Waals surface area contributed by atoms with E-state index in [1.165, 1.54) is 0 Å². The Hall–Kier alpha value is -0.530. The minimum atomic E-state index is 0.290. The predicted molar refractivity (Wildman–Crippen MR) is 64.7 cm³/mol. The van der Waals surface area contributed by atoms with Gasteiger partial charge >= 0.3 is 0 Å². The molecule has 0 spiro atoms. The number of hydrogen-bond acceptors (Lipinski definition) is 1. The maximum atomic E-state index is 11.1. The second-order valence-corrected chi connectivity index (χ2v) is 4.26. The first kappa shape index (κ1) is 12.5. The fourth-order valence-corrected chi connectivity index (χ4v) is 2.00. The average Bonchev–Trinajstić information content (AvgIpc) is 2.22. The van der Waals surface area contributed by atoms with Crippen LogP contribution in [0.4, 0.5) is 0 Å². The lowest BCUT2D eigenvalue weighted by molar-refractivity contribution is -0.118. The van der Waals surface area contributed by atoms with Crippen molar-refractivity contribution in [2.45, 2.75) is 32.6 Å². The molecule has 0 radical (unpaired) electrons. The van der Waals surface area contributed by atoms with E-state index in [0.717, 1.165) is 18.4 Å². The maximum Gasteiger partial charge on any atom is 0.132 e. The van der Waals surface area contributed by atoms with E-state index in [0.29, 0.717) is 22.9 Å². The Kier molecular flexibility index (Phi) is 5.13. The molecule has 1 aromatic carbocycles. The topological polar surface area (TPSA) is 17.1 Å². The molecular weight excluding hydrogens is 231 g/mol. The molecule has 15 heavy (non-hydrogen) atoms. The zero-order valence-electron chi connectivity index (χ0n) is 8.72. The summed E-state index contributed by atoms with van der Waals surface area (Å²) >= 11 is 12.0. The Morgan fingerprint density at radius 2 is 1.87 bits per heavy atom. The number of benzene rings is 1. The third-order valence-corrected chi connectivity index (χ3v) is 3.05. The summed E-state index contributed by atoms with van der Waals surface area (Å²) in [5.74, 6) is 0.290. The fourth-order valence-electron chi connectivity index (χ4n) is 1.41. The van der Waals surface area contributed by atoms with Crippen molar-refractivity contribution >= 4 is 29.0 Å². The van der Waals surface area contributed by atoms with Crippen molar-refractivity contribution < 1.29 is 4.79 Å². The third kappa shape index (κ3) is 3.84. The molecule has 0 amide bonds. The number of carbonyl (C=O) groups excluding carboxylic acids is 1. The van der Waals surface area contributed by atoms with E-state index in [-0.39, 0.29) is 5.78 Å². The van der Waals surface area contributed by atoms with Crippen LogP contribution in [0.1, 0.15) is 31.7 Å². The highest BCUT2D eigenvalue weighted by atomic mass is 35.5. The van der Waals surface area contributed by atoms with Crippen molar-refractivity contribution in [3.05, 3.63) is 33.8 Å². The minimum absolute atomic E-state index is 0.290. The summed E-state index contributed by atoms with van der Waals surface area (Å²) in [6, 6.07) is 5.47. The summed E-state index contributed by atoms with van der Waals surface area (Å²) in [5, 5.41) is 1.37. The standard InChI is InChI=1S/C12H14Cl2O/c1-2-9(15)5-3-6-10-11(13)7-4-8-12(10)14/h4,7-8H,2-3,5-6H2,1H3. The molecule has 0 fully saturated rings. The first-order chi connectivity index (χ1) is 7.15. The summed E-state index contributed by atoms with van der Waals surface area (Å²) in [7, 11) is 0. The van der Waals surface area contributed by atoms with E-state index in [9.17, 15) is 4.79 Å². The van der Waals surface area contributed by atoms with E-state index in [2.05, 4.69) is 0 Å². The van der Waals surface area contributed by atoms with Gasteiger partial charge in [-0.05, 0) is 30.5 Å². The lowest BCUT2D eigenvalue weighted by atomic mass is 10.1. The Labute approximate surface area is 100 Å². The summed E-state index contributed by atoms with van der Waals surface area (Å²) in [4.78, 5) is 11.1. The smallest absolute Gasteiger partial charge is 0.132 e. The van der Waals surface area contributed by atoms with Crippen molar-refractivity contribution in [2.75, 3.05) is 0 Å². The first-order valence-corrected chi connectivity index (χ1v) is 5.85. The third-order valence-electron chi connectivity index (χ3n) is 2.34. The molecule has 1 rings (SSSR count). The molecule has 1 aromatic rings. The first-order valence-electron chi connectivity index (χ1n) is 5.09. The molecule has 1 nitrogen and oxygen atoms in total. The van der Waals surface area contributed by atoms with Crippen LogP contribution in [-0.2, 0) is 11.2 Å². The molecule has 0 aliphatic heterocycles. The van der Waals surface area contributed by atoms with Crippen LogP contribution in [0.3, 0.4) is 0 Å². The summed E-state index contributed by atoms with van der Waals surface area (Å²) in [5.41, 5.74) is 0.949. The normalized spacial score (nSPS) is 10.3. The van der Waals surface area contributed by atoms with Gasteiger partial charge in [-0.1, -0.05) is 36.2 Å². The molecule has 0 heterocycles. The van der Waals surface area contributed by atoms with Crippen LogP contribution in [0.5, 0.6) is 0 Å². The van der Waals surface area contributed by atoms with Gasteiger partial charge in [0.25, 0.3) is 0 Å². The molecule has 3 heteroatoms. The van der Waals surface area contributed by atoms with Gasteiger partial charge < -0.3 is 0 Å². The molecule has 0 unspecified atom stereocenters. The molecule has 0 saturated carbocycles. The molecule has 82 valence electrons. The van der Waals surface area contributed by atoms with Crippen molar-refractivity contribution in [1.82, 2.24) is 0 Å². The van der Waals surface area contributed by atoms with Crippen molar-refractivity contribution in [3.8, 4) is 0 Å². The highest BCUT2D eigenvalue weighted by molar-refractivity contribution is 6.35. The van der Waals surface area contributed by atoms with Crippen LogP contribution in [-0.4, -0.2) is 5.78 Å². The van der Waals surface area contributed by atoms with Gasteiger partial charge in [-0.2, -0.15) is 0 Å². The molecular formula is C12H14Cl2O. The second-order valence-electron chi connectivity index (χ2n) is 3.45. The Bertz CT molecular complexity index is 327. The average molecular weight is 245 g/mol. The number of hydrogen-bond donors (Lipinski definition) is 0. The monoisotopic (exact) mass is 244 g/mol. The summed E-state index contributed by atoms with van der Waals surface area (Å²) < 4.78 is 0. The predicted octanol–water partition coefficient (Wildman–Crippen LogP) is 4.30. The van der Waals surface area contributed by atoms with Gasteiger partial charge in [-0.3, -0.25) is 4.79 Å². The molecule has 0 aliphatic carbocycles. The molecule has 0 aromatic heterocycles. The number of Topliss-reactive ketones (excluding diaryl/α,β-unsaturated/α-hetero) is 1. The second kappa shape index (κ2) is 6.14. The van der Waals surface area contributed by atoms with Gasteiger partial charge in [0, 0.05) is 22.9 Å². The number of carbonyl (C=O) groups is 1.